The number of halogens is 2. The maximum atomic E-state index is 13.9. The van der Waals surface area contributed by atoms with Gasteiger partial charge in [-0.05, 0) is 34.5 Å². The number of aromatic nitrogens is 1. The third kappa shape index (κ3) is 3.19. The average molecular weight is 316 g/mol. The molecule has 0 aliphatic carbocycles. The van der Waals surface area contributed by atoms with Crippen LogP contribution >= 0.6 is 15.9 Å². The lowest BCUT2D eigenvalue weighted by atomic mass is 10.0. The van der Waals surface area contributed by atoms with Crippen LogP contribution in [0.5, 0.6) is 0 Å². The molecule has 0 spiro atoms. The molecule has 2 atom stereocenters. The van der Waals surface area contributed by atoms with Crippen LogP contribution in [0.15, 0.2) is 22.8 Å². The van der Waals surface area contributed by atoms with Crippen molar-refractivity contribution < 1.29 is 9.18 Å². The Balaban J connectivity index is 1.99. The zero-order valence-electron chi connectivity index (χ0n) is 10.1. The highest BCUT2D eigenvalue weighted by atomic mass is 79.9. The van der Waals surface area contributed by atoms with Gasteiger partial charge in [0.15, 0.2) is 0 Å². The van der Waals surface area contributed by atoms with Crippen LogP contribution in [0.1, 0.15) is 13.3 Å². The van der Waals surface area contributed by atoms with Crippen molar-refractivity contribution in [2.75, 3.05) is 18.0 Å². The Morgan fingerprint density at radius 2 is 2.39 bits per heavy atom. The predicted molar refractivity (Wildman–Crippen MR) is 71.3 cm³/mol. The van der Waals surface area contributed by atoms with Gasteiger partial charge in [0.25, 0.3) is 0 Å². The Morgan fingerprint density at radius 3 is 2.94 bits per heavy atom. The van der Waals surface area contributed by atoms with Crippen molar-refractivity contribution in [3.05, 3.63) is 22.8 Å². The molecule has 6 heteroatoms. The first kappa shape index (κ1) is 13.3. The second-order valence-corrected chi connectivity index (χ2v) is 5.31. The molecular formula is C12H15BrFN3O. The van der Waals surface area contributed by atoms with Gasteiger partial charge in [-0.25, -0.2) is 9.37 Å². The maximum Gasteiger partial charge on any atom is 0.217 e. The zero-order valence-corrected chi connectivity index (χ0v) is 11.7. The largest absolute Gasteiger partial charge is 0.354 e. The monoisotopic (exact) mass is 315 g/mol. The summed E-state index contributed by atoms with van der Waals surface area (Å²) in [7, 11) is 0. The highest BCUT2D eigenvalue weighted by Crippen LogP contribution is 2.21. The number of rotatable bonds is 2. The first-order valence-electron chi connectivity index (χ1n) is 5.84. The molecule has 2 rings (SSSR count). The number of amides is 1. The molecule has 0 radical (unpaired) electrons. The van der Waals surface area contributed by atoms with E-state index in [1.165, 1.54) is 6.92 Å². The van der Waals surface area contributed by atoms with Crippen LogP contribution in [-0.2, 0) is 4.79 Å². The molecule has 1 amide bonds. The second kappa shape index (κ2) is 5.65. The molecular weight excluding hydrogens is 301 g/mol. The van der Waals surface area contributed by atoms with Gasteiger partial charge in [-0.15, -0.1) is 0 Å². The van der Waals surface area contributed by atoms with Crippen molar-refractivity contribution in [2.45, 2.75) is 25.6 Å². The van der Waals surface area contributed by atoms with Crippen LogP contribution in [-0.4, -0.2) is 36.2 Å². The number of hydrogen-bond acceptors (Lipinski definition) is 3. The molecule has 98 valence electrons. The first-order chi connectivity index (χ1) is 8.56. The quantitative estimate of drug-likeness (QED) is 0.906. The maximum absolute atomic E-state index is 13.9. The molecule has 1 saturated heterocycles. The lowest BCUT2D eigenvalue weighted by Crippen LogP contribution is -2.52. The van der Waals surface area contributed by atoms with Crippen molar-refractivity contribution in [3.63, 3.8) is 0 Å². The minimum atomic E-state index is -1.06. The van der Waals surface area contributed by atoms with E-state index in [1.54, 1.807) is 6.20 Å². The van der Waals surface area contributed by atoms with Crippen LogP contribution in [0.2, 0.25) is 0 Å². The van der Waals surface area contributed by atoms with E-state index in [9.17, 15) is 9.18 Å². The van der Waals surface area contributed by atoms with Crippen LogP contribution in [0.25, 0.3) is 0 Å². The molecule has 1 N–H and O–H groups in total. The van der Waals surface area contributed by atoms with Crippen molar-refractivity contribution in [1.82, 2.24) is 10.3 Å². The molecule has 1 aromatic rings. The van der Waals surface area contributed by atoms with E-state index in [0.29, 0.717) is 13.0 Å². The fraction of sp³-hybridized carbons (Fsp3) is 0.500. The average Bonchev–Trinajstić information content (AvgIpc) is 2.32. The predicted octanol–water partition coefficient (Wildman–Crippen LogP) is 1.90. The summed E-state index contributed by atoms with van der Waals surface area (Å²) in [6.45, 7) is 2.37. The number of nitrogens with zero attached hydrogens (tertiary/aromatic N) is 2. The standard InChI is InChI=1S/C12H15BrFN3O/c1-8(18)16-11-4-5-17(7-10(11)14)12-3-2-9(13)6-15-12/h2-3,6,10-11H,4-5,7H2,1H3,(H,16,18)/t10-,11?/m0/s1. The normalized spacial score (nSPS) is 23.8. The van der Waals surface area contributed by atoms with Gasteiger partial charge in [-0.2, -0.15) is 0 Å². The van der Waals surface area contributed by atoms with Gasteiger partial charge >= 0.3 is 0 Å². The lowest BCUT2D eigenvalue weighted by molar-refractivity contribution is -0.120. The summed E-state index contributed by atoms with van der Waals surface area (Å²) >= 11 is 3.32. The van der Waals surface area contributed by atoms with Gasteiger partial charge in [0.1, 0.15) is 12.0 Å². The van der Waals surface area contributed by atoms with Crippen LogP contribution in [0.3, 0.4) is 0 Å². The first-order valence-corrected chi connectivity index (χ1v) is 6.63. The van der Waals surface area contributed by atoms with Crippen LogP contribution in [0.4, 0.5) is 10.2 Å². The van der Waals surface area contributed by atoms with E-state index in [4.69, 9.17) is 0 Å². The van der Waals surface area contributed by atoms with Crippen molar-refractivity contribution in [2.24, 2.45) is 0 Å². The molecule has 1 unspecified atom stereocenters. The van der Waals surface area contributed by atoms with Crippen molar-refractivity contribution >= 4 is 27.7 Å². The minimum Gasteiger partial charge on any atom is -0.354 e. The lowest BCUT2D eigenvalue weighted by Gasteiger charge is -2.35. The van der Waals surface area contributed by atoms with E-state index in [2.05, 4.69) is 26.2 Å². The van der Waals surface area contributed by atoms with E-state index in [1.807, 2.05) is 17.0 Å². The summed E-state index contributed by atoms with van der Waals surface area (Å²) in [5.41, 5.74) is 0. The molecule has 1 aromatic heterocycles. The van der Waals surface area contributed by atoms with Gasteiger partial charge in [0.2, 0.25) is 5.91 Å². The summed E-state index contributed by atoms with van der Waals surface area (Å²) in [5.74, 6) is 0.583. The van der Waals surface area contributed by atoms with E-state index in [0.717, 1.165) is 10.3 Å². The third-order valence-corrected chi connectivity index (χ3v) is 3.43. The molecule has 0 bridgehead atoms. The van der Waals surface area contributed by atoms with E-state index >= 15 is 0 Å². The molecule has 18 heavy (non-hydrogen) atoms. The number of alkyl halides is 1. The fourth-order valence-corrected chi connectivity index (χ4v) is 2.33. The fourth-order valence-electron chi connectivity index (χ4n) is 2.09. The molecule has 0 saturated carbocycles. The molecule has 4 nitrogen and oxygen atoms in total. The molecule has 1 aliphatic heterocycles. The third-order valence-electron chi connectivity index (χ3n) is 2.97. The minimum absolute atomic E-state index is 0.183. The summed E-state index contributed by atoms with van der Waals surface area (Å²) < 4.78 is 14.8. The van der Waals surface area contributed by atoms with Gasteiger partial charge in [0, 0.05) is 24.1 Å². The number of hydrogen-bond donors (Lipinski definition) is 1. The molecule has 2 heterocycles. The van der Waals surface area contributed by atoms with Crippen LogP contribution in [0, 0.1) is 0 Å². The number of piperidine rings is 1. The molecule has 1 aliphatic rings. The summed E-state index contributed by atoms with van der Waals surface area (Å²) in [5, 5.41) is 2.64. The topological polar surface area (TPSA) is 45.2 Å². The Kier molecular flexibility index (Phi) is 4.16. The van der Waals surface area contributed by atoms with E-state index < -0.39 is 6.17 Å². The highest BCUT2D eigenvalue weighted by molar-refractivity contribution is 9.10. The number of nitrogens with one attached hydrogen (secondary N) is 1. The Bertz CT molecular complexity index is 426. The Morgan fingerprint density at radius 1 is 1.61 bits per heavy atom. The van der Waals surface area contributed by atoms with Crippen LogP contribution < -0.4 is 10.2 Å². The summed E-state index contributed by atoms with van der Waals surface area (Å²) in [6.07, 6.45) is 1.23. The molecule has 1 fully saturated rings. The van der Waals surface area contributed by atoms with Crippen molar-refractivity contribution in [1.29, 1.82) is 0 Å². The SMILES string of the molecule is CC(=O)NC1CCN(c2ccc(Br)cn2)C[C@@H]1F. The smallest absolute Gasteiger partial charge is 0.217 e. The van der Waals surface area contributed by atoms with Gasteiger partial charge in [-0.3, -0.25) is 4.79 Å². The Hall–Kier alpha value is -1.17. The zero-order chi connectivity index (χ0) is 13.1. The highest BCUT2D eigenvalue weighted by Gasteiger charge is 2.30. The summed E-state index contributed by atoms with van der Waals surface area (Å²) in [4.78, 5) is 17.1. The van der Waals surface area contributed by atoms with Gasteiger partial charge in [-0.1, -0.05) is 0 Å². The second-order valence-electron chi connectivity index (χ2n) is 4.39. The molecule has 0 aromatic carbocycles. The number of anilines is 1. The van der Waals surface area contributed by atoms with E-state index in [-0.39, 0.29) is 18.5 Å². The number of carbonyl (C=O) groups is 1. The van der Waals surface area contributed by atoms with Gasteiger partial charge < -0.3 is 10.2 Å². The van der Waals surface area contributed by atoms with Crippen molar-refractivity contribution in [3.8, 4) is 0 Å². The van der Waals surface area contributed by atoms with Gasteiger partial charge in [0.05, 0.1) is 12.6 Å². The number of carbonyl (C=O) groups excluding carboxylic acids is 1. The number of pyridine rings is 1. The Labute approximate surface area is 114 Å². The summed E-state index contributed by atoms with van der Waals surface area (Å²) in [6, 6.07) is 3.36.